The lowest BCUT2D eigenvalue weighted by Crippen LogP contribution is -2.03. The Morgan fingerprint density at radius 3 is 0.836 bits per heavy atom. The summed E-state index contributed by atoms with van der Waals surface area (Å²) in [6.07, 6.45) is 49.7. The lowest BCUT2D eigenvalue weighted by Gasteiger charge is -2.14. The Kier molecular flexibility index (Phi) is 34.4. The van der Waals surface area contributed by atoms with E-state index in [4.69, 9.17) is 24.7 Å². The van der Waals surface area contributed by atoms with Crippen molar-refractivity contribution in [2.75, 3.05) is 32.2 Å². The second-order valence-electron chi connectivity index (χ2n) is 19.3. The third-order valence-electron chi connectivity index (χ3n) is 12.9. The standard InChI is InChI=1S/C62H99NO4/c1-5-9-13-17-21-25-29-33-45-64-59-43-41-54(52-61(59)66-47-35-31-27-23-19-15-11-7-3)37-39-56-49-57(51-58(63)50-56)40-38-55-42-44-60(65-46-34-30-26-22-18-14-10-6-2)62(53-55)67-48-36-32-28-24-20-16-12-8-4/h37-44,49-53H,5-36,45-48,63H2,1-4H3/b39-37+,40-38+. The molecule has 3 aromatic rings. The Bertz CT molecular complexity index is 1580. The molecule has 376 valence electrons. The van der Waals surface area contributed by atoms with Gasteiger partial charge in [0.25, 0.3) is 0 Å². The van der Waals surface area contributed by atoms with E-state index in [0.29, 0.717) is 13.2 Å². The molecule has 5 heteroatoms. The monoisotopic (exact) mass is 922 g/mol. The van der Waals surface area contributed by atoms with Crippen molar-refractivity contribution in [3.8, 4) is 23.0 Å². The summed E-state index contributed by atoms with van der Waals surface area (Å²) in [6, 6.07) is 19.0. The molecular weight excluding hydrogens is 823 g/mol. The summed E-state index contributed by atoms with van der Waals surface area (Å²) in [5.74, 6) is 3.37. The number of nitrogen functional groups attached to an aromatic ring is 1. The van der Waals surface area contributed by atoms with Crippen molar-refractivity contribution in [1.82, 2.24) is 0 Å². The van der Waals surface area contributed by atoms with E-state index in [1.807, 2.05) is 12.1 Å². The van der Waals surface area contributed by atoms with E-state index in [1.54, 1.807) is 0 Å². The van der Waals surface area contributed by atoms with Crippen LogP contribution in [0.25, 0.3) is 24.3 Å². The highest BCUT2D eigenvalue weighted by molar-refractivity contribution is 5.77. The number of unbranched alkanes of at least 4 members (excludes halogenated alkanes) is 28. The first-order valence-corrected chi connectivity index (χ1v) is 28.1. The summed E-state index contributed by atoms with van der Waals surface area (Å²) < 4.78 is 25.5. The number of hydrogen-bond acceptors (Lipinski definition) is 5. The molecule has 0 saturated heterocycles. The normalized spacial score (nSPS) is 11.6. The predicted molar refractivity (Wildman–Crippen MR) is 294 cm³/mol. The number of hydrogen-bond donors (Lipinski definition) is 1. The molecule has 0 aliphatic heterocycles. The van der Waals surface area contributed by atoms with Crippen LogP contribution < -0.4 is 24.7 Å². The molecule has 0 fully saturated rings. The van der Waals surface area contributed by atoms with Gasteiger partial charge in [0.1, 0.15) is 0 Å². The van der Waals surface area contributed by atoms with E-state index < -0.39 is 0 Å². The van der Waals surface area contributed by atoms with Gasteiger partial charge in [0, 0.05) is 5.69 Å². The van der Waals surface area contributed by atoms with Crippen molar-refractivity contribution >= 4 is 30.0 Å². The molecule has 0 aliphatic carbocycles. The minimum absolute atomic E-state index is 0.711. The second kappa shape index (κ2) is 40.1. The zero-order valence-corrected chi connectivity index (χ0v) is 43.7. The summed E-state index contributed by atoms with van der Waals surface area (Å²) in [5.41, 5.74) is 11.5. The van der Waals surface area contributed by atoms with E-state index in [-0.39, 0.29) is 0 Å². The Morgan fingerprint density at radius 1 is 0.284 bits per heavy atom. The van der Waals surface area contributed by atoms with E-state index >= 15 is 0 Å². The maximum absolute atomic E-state index is 6.49. The molecule has 0 unspecified atom stereocenters. The van der Waals surface area contributed by atoms with Crippen LogP contribution in [0.15, 0.2) is 54.6 Å². The molecule has 2 N–H and O–H groups in total. The van der Waals surface area contributed by atoms with Crippen LogP contribution >= 0.6 is 0 Å². The zero-order valence-electron chi connectivity index (χ0n) is 43.7. The van der Waals surface area contributed by atoms with Crippen LogP contribution in [0.4, 0.5) is 5.69 Å². The third kappa shape index (κ3) is 28.9. The second-order valence-corrected chi connectivity index (χ2v) is 19.3. The molecule has 0 radical (unpaired) electrons. The van der Waals surface area contributed by atoms with E-state index in [9.17, 15) is 0 Å². The van der Waals surface area contributed by atoms with Crippen molar-refractivity contribution in [2.45, 2.75) is 233 Å². The number of ether oxygens (including phenoxy) is 4. The summed E-state index contributed by atoms with van der Waals surface area (Å²) in [5, 5.41) is 0. The van der Waals surface area contributed by atoms with Crippen LogP contribution in [0, 0.1) is 0 Å². The quantitative estimate of drug-likeness (QED) is 0.0348. The van der Waals surface area contributed by atoms with Crippen LogP contribution in [-0.2, 0) is 0 Å². The van der Waals surface area contributed by atoms with Gasteiger partial charge < -0.3 is 24.7 Å². The van der Waals surface area contributed by atoms with E-state index in [0.717, 1.165) is 89.8 Å². The smallest absolute Gasteiger partial charge is 0.161 e. The summed E-state index contributed by atoms with van der Waals surface area (Å²) in [6.45, 7) is 12.0. The molecule has 0 bridgehead atoms. The molecule has 0 saturated carbocycles. The van der Waals surface area contributed by atoms with Crippen LogP contribution in [0.3, 0.4) is 0 Å². The molecule has 0 aliphatic rings. The van der Waals surface area contributed by atoms with Crippen molar-refractivity contribution < 1.29 is 18.9 Å². The van der Waals surface area contributed by atoms with Crippen molar-refractivity contribution in [3.05, 3.63) is 76.9 Å². The van der Waals surface area contributed by atoms with Crippen molar-refractivity contribution in [3.63, 3.8) is 0 Å². The van der Waals surface area contributed by atoms with Gasteiger partial charge in [-0.3, -0.25) is 0 Å². The van der Waals surface area contributed by atoms with Gasteiger partial charge in [-0.15, -0.1) is 0 Å². The summed E-state index contributed by atoms with van der Waals surface area (Å²) in [4.78, 5) is 0. The van der Waals surface area contributed by atoms with Crippen LogP contribution in [-0.4, -0.2) is 26.4 Å². The minimum atomic E-state index is 0.711. The molecule has 0 aromatic heterocycles. The van der Waals surface area contributed by atoms with Crippen LogP contribution in [0.1, 0.15) is 255 Å². The van der Waals surface area contributed by atoms with Gasteiger partial charge >= 0.3 is 0 Å². The third-order valence-corrected chi connectivity index (χ3v) is 12.9. The average Bonchev–Trinajstić information content (AvgIpc) is 3.33. The number of nitrogens with two attached hydrogens (primary N) is 1. The van der Waals surface area contributed by atoms with Crippen LogP contribution in [0.2, 0.25) is 0 Å². The summed E-state index contributed by atoms with van der Waals surface area (Å²) in [7, 11) is 0. The highest BCUT2D eigenvalue weighted by Crippen LogP contribution is 2.32. The van der Waals surface area contributed by atoms with E-state index in [2.05, 4.69) is 94.5 Å². The molecule has 0 atom stereocenters. The van der Waals surface area contributed by atoms with Crippen molar-refractivity contribution in [2.24, 2.45) is 0 Å². The highest BCUT2D eigenvalue weighted by atomic mass is 16.5. The number of rotatable bonds is 44. The first-order chi connectivity index (χ1) is 33.1. The largest absolute Gasteiger partial charge is 0.490 e. The SMILES string of the molecule is CCCCCCCCCCOc1ccc(/C=C/c2cc(N)cc(/C=C/c3ccc(OCCCCCCCCCC)c(OCCCCCCCCCC)c3)c2)cc1OCCCCCCCCCC. The number of anilines is 1. The fourth-order valence-corrected chi connectivity index (χ4v) is 8.67. The zero-order chi connectivity index (χ0) is 47.7. The van der Waals surface area contributed by atoms with Crippen molar-refractivity contribution in [1.29, 1.82) is 0 Å². The maximum atomic E-state index is 6.49. The molecule has 0 amide bonds. The Labute approximate surface area is 412 Å². The first-order valence-electron chi connectivity index (χ1n) is 28.1. The Hall–Kier alpha value is -3.86. The molecule has 0 heterocycles. The van der Waals surface area contributed by atoms with Crippen LogP contribution in [0.5, 0.6) is 23.0 Å². The van der Waals surface area contributed by atoms with Gasteiger partial charge in [0.05, 0.1) is 26.4 Å². The van der Waals surface area contributed by atoms with Gasteiger partial charge in [-0.1, -0.05) is 244 Å². The maximum Gasteiger partial charge on any atom is 0.161 e. The van der Waals surface area contributed by atoms with Gasteiger partial charge in [0.2, 0.25) is 0 Å². The molecule has 0 spiro atoms. The average molecular weight is 922 g/mol. The molecular formula is C62H99NO4. The van der Waals surface area contributed by atoms with Gasteiger partial charge in [-0.05, 0) is 90.4 Å². The lowest BCUT2D eigenvalue weighted by molar-refractivity contribution is 0.258. The van der Waals surface area contributed by atoms with Gasteiger partial charge in [0.15, 0.2) is 23.0 Å². The molecule has 3 aromatic carbocycles. The molecule has 5 nitrogen and oxygen atoms in total. The van der Waals surface area contributed by atoms with Gasteiger partial charge in [-0.25, -0.2) is 0 Å². The fraction of sp³-hybridized carbons (Fsp3) is 0.645. The summed E-state index contributed by atoms with van der Waals surface area (Å²) >= 11 is 0. The highest BCUT2D eigenvalue weighted by Gasteiger charge is 2.09. The Balaban J connectivity index is 1.65. The number of benzene rings is 3. The molecule has 67 heavy (non-hydrogen) atoms. The first kappa shape index (κ1) is 57.5. The van der Waals surface area contributed by atoms with E-state index in [1.165, 1.54) is 180 Å². The lowest BCUT2D eigenvalue weighted by atomic mass is 10.1. The predicted octanol–water partition coefficient (Wildman–Crippen LogP) is 19.7. The Morgan fingerprint density at radius 2 is 0.537 bits per heavy atom. The van der Waals surface area contributed by atoms with Gasteiger partial charge in [-0.2, -0.15) is 0 Å². The minimum Gasteiger partial charge on any atom is -0.490 e. The topological polar surface area (TPSA) is 62.9 Å². The fourth-order valence-electron chi connectivity index (χ4n) is 8.67. The molecule has 3 rings (SSSR count).